The fourth-order valence-corrected chi connectivity index (χ4v) is 3.01. The second-order valence-electron chi connectivity index (χ2n) is 5.82. The minimum Gasteiger partial charge on any atom is -0.480 e. The van der Waals surface area contributed by atoms with Crippen LogP contribution in [0.3, 0.4) is 0 Å². The van der Waals surface area contributed by atoms with E-state index in [1.165, 1.54) is 16.8 Å². The molecule has 1 aromatic heterocycles. The molecule has 2 aromatic carbocycles. The largest absolute Gasteiger partial charge is 0.480 e. The predicted octanol–water partition coefficient (Wildman–Crippen LogP) is 2.35. The molecule has 3 aromatic rings. The molecule has 1 unspecified atom stereocenters. The minimum atomic E-state index is -0.999. The van der Waals surface area contributed by atoms with E-state index < -0.39 is 5.97 Å². The molecular formula is C18H14FN5O2. The molecular weight excluding hydrogens is 337 g/mol. The number of fused-ring (bicyclic) bond motifs is 1. The van der Waals surface area contributed by atoms with E-state index in [1.807, 2.05) is 36.4 Å². The number of aromatic nitrogens is 4. The highest BCUT2D eigenvalue weighted by Crippen LogP contribution is 2.35. The van der Waals surface area contributed by atoms with Crippen LogP contribution in [-0.4, -0.2) is 37.8 Å². The number of allylic oxidation sites excluding steroid dienone is 1. The summed E-state index contributed by atoms with van der Waals surface area (Å²) < 4.78 is 14.8. The summed E-state index contributed by atoms with van der Waals surface area (Å²) >= 11 is 0. The van der Waals surface area contributed by atoms with Crippen LogP contribution in [-0.2, 0) is 4.79 Å². The van der Waals surface area contributed by atoms with Crippen molar-refractivity contribution in [2.24, 2.45) is 0 Å². The second kappa shape index (κ2) is 6.40. The van der Waals surface area contributed by atoms with Gasteiger partial charge in [0.15, 0.2) is 0 Å². The zero-order valence-electron chi connectivity index (χ0n) is 13.5. The smallest absolute Gasteiger partial charge is 0.323 e. The molecule has 0 saturated carbocycles. The maximum Gasteiger partial charge on any atom is 0.323 e. The number of carboxylic acids is 1. The lowest BCUT2D eigenvalue weighted by molar-refractivity contribution is -0.135. The van der Waals surface area contributed by atoms with E-state index in [0.29, 0.717) is 11.6 Å². The Hall–Kier alpha value is -3.55. The summed E-state index contributed by atoms with van der Waals surface area (Å²) in [5.41, 5.74) is 2.32. The molecule has 1 atom stereocenters. The van der Waals surface area contributed by atoms with Crippen LogP contribution in [0.4, 0.5) is 10.3 Å². The Morgan fingerprint density at radius 2 is 1.85 bits per heavy atom. The summed E-state index contributed by atoms with van der Waals surface area (Å²) in [5, 5.41) is 21.0. The van der Waals surface area contributed by atoms with E-state index >= 15 is 0 Å². The summed E-state index contributed by atoms with van der Waals surface area (Å²) in [7, 11) is 0. The molecule has 1 aliphatic rings. The van der Waals surface area contributed by atoms with Gasteiger partial charge >= 0.3 is 5.97 Å². The van der Waals surface area contributed by atoms with Crippen LogP contribution < -0.4 is 4.90 Å². The topological polar surface area (TPSA) is 84.1 Å². The molecule has 0 amide bonds. The van der Waals surface area contributed by atoms with E-state index in [9.17, 15) is 14.3 Å². The van der Waals surface area contributed by atoms with Gasteiger partial charge in [-0.1, -0.05) is 47.6 Å². The number of hydrogen-bond donors (Lipinski definition) is 1. The Morgan fingerprint density at radius 1 is 1.12 bits per heavy atom. The van der Waals surface area contributed by atoms with Gasteiger partial charge in [0.25, 0.3) is 5.95 Å². The number of carbonyl (C=O) groups is 1. The minimum absolute atomic E-state index is 0.281. The van der Waals surface area contributed by atoms with Gasteiger partial charge in [-0.25, -0.2) is 4.39 Å². The van der Waals surface area contributed by atoms with Gasteiger partial charge in [0, 0.05) is 0 Å². The van der Waals surface area contributed by atoms with E-state index in [2.05, 4.69) is 15.5 Å². The van der Waals surface area contributed by atoms with Gasteiger partial charge in [-0.05, 0) is 39.8 Å². The molecule has 1 aliphatic heterocycles. The molecule has 7 nitrogen and oxygen atoms in total. The van der Waals surface area contributed by atoms with Crippen molar-refractivity contribution < 1.29 is 14.3 Å². The Balaban J connectivity index is 1.87. The molecule has 0 spiro atoms. The summed E-state index contributed by atoms with van der Waals surface area (Å²) in [6.07, 6.45) is 1.88. The fourth-order valence-electron chi connectivity index (χ4n) is 3.01. The van der Waals surface area contributed by atoms with Crippen molar-refractivity contribution in [1.82, 2.24) is 20.2 Å². The van der Waals surface area contributed by atoms with Crippen molar-refractivity contribution in [3.8, 4) is 0 Å². The second-order valence-corrected chi connectivity index (χ2v) is 5.82. The van der Waals surface area contributed by atoms with Gasteiger partial charge in [-0.3, -0.25) is 9.69 Å². The van der Waals surface area contributed by atoms with Crippen molar-refractivity contribution >= 4 is 17.6 Å². The van der Waals surface area contributed by atoms with Gasteiger partial charge in [0.1, 0.15) is 18.4 Å². The third kappa shape index (κ3) is 2.81. The quantitative estimate of drug-likeness (QED) is 0.777. The van der Waals surface area contributed by atoms with E-state index in [4.69, 9.17) is 0 Å². The van der Waals surface area contributed by atoms with Crippen LogP contribution in [0.1, 0.15) is 17.2 Å². The number of carboxylic acid groups (broad SMARTS) is 1. The normalized spacial score (nSPS) is 16.1. The number of nitrogens with zero attached hydrogens (tertiary/aromatic N) is 5. The standard InChI is InChI=1S/C18H14FN5O2/c19-14-8-6-13(7-9-14)16-10-15(12-4-2-1-3-5-12)23(11-17(25)26)18-20-21-22-24(16)18/h1-10,16H,11H2,(H,25,26). The SMILES string of the molecule is O=C(O)CN1C(c2ccccc2)=CC(c2ccc(F)cc2)n2nnnc21. The number of benzene rings is 2. The molecule has 0 radical (unpaired) electrons. The molecule has 4 rings (SSSR count). The summed E-state index contributed by atoms with van der Waals surface area (Å²) in [5.74, 6) is -1.01. The van der Waals surface area contributed by atoms with E-state index in [0.717, 1.165) is 11.1 Å². The highest BCUT2D eigenvalue weighted by molar-refractivity contribution is 5.85. The predicted molar refractivity (Wildman–Crippen MR) is 91.8 cm³/mol. The number of halogens is 1. The van der Waals surface area contributed by atoms with Crippen molar-refractivity contribution in [3.05, 3.63) is 77.6 Å². The average Bonchev–Trinajstić information content (AvgIpc) is 3.13. The van der Waals surface area contributed by atoms with Crippen molar-refractivity contribution in [2.75, 3.05) is 11.4 Å². The molecule has 26 heavy (non-hydrogen) atoms. The molecule has 8 heteroatoms. The van der Waals surface area contributed by atoms with Crippen molar-refractivity contribution in [3.63, 3.8) is 0 Å². The maximum atomic E-state index is 13.3. The first-order valence-corrected chi connectivity index (χ1v) is 7.93. The zero-order chi connectivity index (χ0) is 18.1. The molecule has 0 aliphatic carbocycles. The average molecular weight is 351 g/mol. The monoisotopic (exact) mass is 351 g/mol. The number of tetrazole rings is 1. The highest BCUT2D eigenvalue weighted by atomic mass is 19.1. The summed E-state index contributed by atoms with van der Waals surface area (Å²) in [4.78, 5) is 12.9. The van der Waals surface area contributed by atoms with Crippen LogP contribution >= 0.6 is 0 Å². The highest BCUT2D eigenvalue weighted by Gasteiger charge is 2.31. The maximum absolute atomic E-state index is 13.3. The third-order valence-electron chi connectivity index (χ3n) is 4.16. The number of anilines is 1. The Kier molecular flexibility index (Phi) is 3.92. The molecule has 130 valence electrons. The lowest BCUT2D eigenvalue weighted by Gasteiger charge is -2.31. The van der Waals surface area contributed by atoms with Crippen LogP contribution in [0.2, 0.25) is 0 Å². The molecule has 2 heterocycles. The molecule has 0 saturated heterocycles. The van der Waals surface area contributed by atoms with E-state index in [-0.39, 0.29) is 18.4 Å². The Morgan fingerprint density at radius 3 is 2.54 bits per heavy atom. The van der Waals surface area contributed by atoms with Gasteiger partial charge in [-0.15, -0.1) is 0 Å². The zero-order valence-corrected chi connectivity index (χ0v) is 13.5. The Labute approximate surface area is 148 Å². The molecule has 1 N–H and O–H groups in total. The number of rotatable bonds is 4. The lowest BCUT2D eigenvalue weighted by atomic mass is 10.0. The molecule has 0 fully saturated rings. The van der Waals surface area contributed by atoms with Gasteiger partial charge < -0.3 is 5.11 Å². The van der Waals surface area contributed by atoms with Crippen molar-refractivity contribution in [1.29, 1.82) is 0 Å². The first-order valence-electron chi connectivity index (χ1n) is 7.93. The van der Waals surface area contributed by atoms with Gasteiger partial charge in [0.2, 0.25) is 0 Å². The van der Waals surface area contributed by atoms with Crippen LogP contribution in [0.25, 0.3) is 5.70 Å². The number of aliphatic carboxylic acids is 1. The van der Waals surface area contributed by atoms with Gasteiger partial charge in [0.05, 0.1) is 5.70 Å². The van der Waals surface area contributed by atoms with Gasteiger partial charge in [-0.2, -0.15) is 4.68 Å². The number of hydrogen-bond acceptors (Lipinski definition) is 5. The third-order valence-corrected chi connectivity index (χ3v) is 4.16. The van der Waals surface area contributed by atoms with Crippen LogP contribution in [0.15, 0.2) is 60.7 Å². The van der Waals surface area contributed by atoms with Crippen molar-refractivity contribution in [2.45, 2.75) is 6.04 Å². The first-order chi connectivity index (χ1) is 12.6. The fraction of sp³-hybridized carbons (Fsp3) is 0.111. The van der Waals surface area contributed by atoms with E-state index in [1.54, 1.807) is 17.0 Å². The Bertz CT molecular complexity index is 969. The molecule has 0 bridgehead atoms. The summed E-state index contributed by atoms with van der Waals surface area (Å²) in [6.45, 7) is -0.281. The van der Waals surface area contributed by atoms with Crippen LogP contribution in [0, 0.1) is 5.82 Å². The first kappa shape index (κ1) is 15.9. The summed E-state index contributed by atoms with van der Waals surface area (Å²) in [6, 6.07) is 15.1. The van der Waals surface area contributed by atoms with Crippen LogP contribution in [0.5, 0.6) is 0 Å². The lowest BCUT2D eigenvalue weighted by Crippen LogP contribution is -2.35.